The van der Waals surface area contributed by atoms with Gasteiger partial charge < -0.3 is 0 Å². The van der Waals surface area contributed by atoms with E-state index in [1.807, 2.05) is 30.3 Å². The number of Topliss-reactive ketones (excluding diaryl/α,β-unsaturated/α-hetero) is 2. The van der Waals surface area contributed by atoms with Crippen molar-refractivity contribution in [3.05, 3.63) is 35.9 Å². The number of ketones is 2. The fourth-order valence-corrected chi connectivity index (χ4v) is 3.05. The van der Waals surface area contributed by atoms with Crippen LogP contribution in [0.3, 0.4) is 0 Å². The maximum Gasteiger partial charge on any atom is 0.156 e. The molecule has 2 rings (SSSR count). The summed E-state index contributed by atoms with van der Waals surface area (Å²) in [5.41, 5.74) is 0.504. The third-order valence-electron chi connectivity index (χ3n) is 3.88. The number of aryl methyl sites for hydroxylation is 1. The summed E-state index contributed by atoms with van der Waals surface area (Å²) >= 11 is 3.19. The van der Waals surface area contributed by atoms with E-state index >= 15 is 0 Å². The molecule has 0 bridgehead atoms. The van der Waals surface area contributed by atoms with Gasteiger partial charge in [0.05, 0.1) is 10.7 Å². The zero-order chi connectivity index (χ0) is 13.0. The molecule has 0 N–H and O–H groups in total. The maximum absolute atomic E-state index is 12.3. The van der Waals surface area contributed by atoms with E-state index in [1.165, 1.54) is 0 Å². The van der Waals surface area contributed by atoms with Gasteiger partial charge in [0.25, 0.3) is 0 Å². The van der Waals surface area contributed by atoms with Crippen LogP contribution >= 0.6 is 15.9 Å². The van der Waals surface area contributed by atoms with Crippen molar-refractivity contribution in [2.45, 2.75) is 32.1 Å². The topological polar surface area (TPSA) is 34.1 Å². The average molecular weight is 309 g/mol. The SMILES string of the molecule is O=C(CBr)C1(C(=O)CCc2ccccc2)CCC1. The number of rotatable bonds is 6. The largest absolute Gasteiger partial charge is 0.299 e. The number of benzene rings is 1. The van der Waals surface area contributed by atoms with Gasteiger partial charge in [0.15, 0.2) is 5.78 Å². The Morgan fingerprint density at radius 3 is 2.28 bits per heavy atom. The average Bonchev–Trinajstić information content (AvgIpc) is 2.36. The van der Waals surface area contributed by atoms with Gasteiger partial charge in [-0.3, -0.25) is 9.59 Å². The van der Waals surface area contributed by atoms with Gasteiger partial charge in [-0.1, -0.05) is 52.7 Å². The minimum Gasteiger partial charge on any atom is -0.299 e. The zero-order valence-corrected chi connectivity index (χ0v) is 11.9. The summed E-state index contributed by atoms with van der Waals surface area (Å²) in [6.45, 7) is 0. The lowest BCUT2D eigenvalue weighted by Crippen LogP contribution is -2.46. The molecule has 0 heterocycles. The Balaban J connectivity index is 1.97. The van der Waals surface area contributed by atoms with Gasteiger partial charge in [0, 0.05) is 6.42 Å². The van der Waals surface area contributed by atoms with Crippen molar-refractivity contribution in [1.29, 1.82) is 0 Å². The lowest BCUT2D eigenvalue weighted by Gasteiger charge is -2.38. The molecule has 96 valence electrons. The van der Waals surface area contributed by atoms with Gasteiger partial charge in [-0.05, 0) is 24.8 Å². The highest BCUT2D eigenvalue weighted by atomic mass is 79.9. The third-order valence-corrected chi connectivity index (χ3v) is 4.39. The van der Waals surface area contributed by atoms with E-state index in [-0.39, 0.29) is 11.6 Å². The molecule has 0 unspecified atom stereocenters. The maximum atomic E-state index is 12.3. The molecule has 1 aromatic rings. The monoisotopic (exact) mass is 308 g/mol. The molecule has 1 aromatic carbocycles. The van der Waals surface area contributed by atoms with E-state index in [1.54, 1.807) is 0 Å². The van der Waals surface area contributed by atoms with Gasteiger partial charge in [-0.15, -0.1) is 0 Å². The molecule has 2 nitrogen and oxygen atoms in total. The third kappa shape index (κ3) is 2.56. The summed E-state index contributed by atoms with van der Waals surface area (Å²) < 4.78 is 0. The van der Waals surface area contributed by atoms with Crippen LogP contribution in [-0.2, 0) is 16.0 Å². The molecule has 0 aliphatic heterocycles. The molecule has 0 aromatic heterocycles. The van der Waals surface area contributed by atoms with Crippen molar-refractivity contribution >= 4 is 27.5 Å². The van der Waals surface area contributed by atoms with E-state index < -0.39 is 5.41 Å². The molecule has 1 aliphatic carbocycles. The van der Waals surface area contributed by atoms with Crippen LogP contribution in [0.2, 0.25) is 0 Å². The van der Waals surface area contributed by atoms with Crippen LogP contribution in [0.1, 0.15) is 31.2 Å². The predicted octanol–water partition coefficient (Wildman–Crippen LogP) is 3.32. The second-order valence-electron chi connectivity index (χ2n) is 4.90. The van der Waals surface area contributed by atoms with E-state index in [0.29, 0.717) is 11.8 Å². The molecule has 3 heteroatoms. The van der Waals surface area contributed by atoms with Crippen LogP contribution in [0, 0.1) is 5.41 Å². The van der Waals surface area contributed by atoms with Crippen molar-refractivity contribution < 1.29 is 9.59 Å². The molecule has 1 saturated carbocycles. The fraction of sp³-hybridized carbons (Fsp3) is 0.467. The molecular weight excluding hydrogens is 292 g/mol. The standard InChI is InChI=1S/C15H17BrO2/c16-11-14(18)15(9-4-10-15)13(17)8-7-12-5-2-1-3-6-12/h1-3,5-6H,4,7-11H2. The van der Waals surface area contributed by atoms with Crippen LogP contribution in [0.25, 0.3) is 0 Å². The van der Waals surface area contributed by atoms with E-state index in [4.69, 9.17) is 0 Å². The molecule has 0 atom stereocenters. The van der Waals surface area contributed by atoms with Crippen molar-refractivity contribution in [3.8, 4) is 0 Å². The Hall–Kier alpha value is -0.960. The predicted molar refractivity (Wildman–Crippen MR) is 74.9 cm³/mol. The molecule has 0 spiro atoms. The Labute approximate surface area is 116 Å². The molecule has 1 aliphatic rings. The number of carbonyl (C=O) groups excluding carboxylic acids is 2. The van der Waals surface area contributed by atoms with Gasteiger partial charge in [0.1, 0.15) is 5.78 Å². The van der Waals surface area contributed by atoms with Crippen molar-refractivity contribution in [1.82, 2.24) is 0 Å². The minimum atomic E-state index is -0.654. The molecular formula is C15H17BrO2. The molecule has 0 saturated heterocycles. The van der Waals surface area contributed by atoms with E-state index in [0.717, 1.165) is 31.2 Å². The van der Waals surface area contributed by atoms with Crippen molar-refractivity contribution in [2.75, 3.05) is 5.33 Å². The lowest BCUT2D eigenvalue weighted by atomic mass is 9.63. The Morgan fingerprint density at radius 2 is 1.78 bits per heavy atom. The summed E-state index contributed by atoms with van der Waals surface area (Å²) in [6.07, 6.45) is 3.69. The molecule has 18 heavy (non-hydrogen) atoms. The van der Waals surface area contributed by atoms with Gasteiger partial charge >= 0.3 is 0 Å². The van der Waals surface area contributed by atoms with Crippen molar-refractivity contribution in [2.24, 2.45) is 5.41 Å². The van der Waals surface area contributed by atoms with Gasteiger partial charge in [0.2, 0.25) is 0 Å². The molecule has 0 radical (unpaired) electrons. The first-order valence-electron chi connectivity index (χ1n) is 6.35. The smallest absolute Gasteiger partial charge is 0.156 e. The first kappa shape index (κ1) is 13.5. The number of hydrogen-bond acceptors (Lipinski definition) is 2. The normalized spacial score (nSPS) is 16.9. The lowest BCUT2D eigenvalue weighted by molar-refractivity contribution is -0.145. The summed E-state index contributed by atoms with van der Waals surface area (Å²) in [6, 6.07) is 9.96. The first-order valence-corrected chi connectivity index (χ1v) is 7.48. The van der Waals surface area contributed by atoms with E-state index in [2.05, 4.69) is 15.9 Å². The number of hydrogen-bond donors (Lipinski definition) is 0. The minimum absolute atomic E-state index is 0.0619. The zero-order valence-electron chi connectivity index (χ0n) is 10.3. The van der Waals surface area contributed by atoms with Crippen LogP contribution in [0.5, 0.6) is 0 Å². The highest BCUT2D eigenvalue weighted by molar-refractivity contribution is 9.09. The fourth-order valence-electron chi connectivity index (χ4n) is 2.51. The van der Waals surface area contributed by atoms with Crippen LogP contribution in [-0.4, -0.2) is 16.9 Å². The van der Waals surface area contributed by atoms with E-state index in [9.17, 15) is 9.59 Å². The second-order valence-corrected chi connectivity index (χ2v) is 5.46. The van der Waals surface area contributed by atoms with Crippen LogP contribution < -0.4 is 0 Å². The highest BCUT2D eigenvalue weighted by Crippen LogP contribution is 2.44. The van der Waals surface area contributed by atoms with Crippen LogP contribution in [0.15, 0.2) is 30.3 Å². The number of alkyl halides is 1. The van der Waals surface area contributed by atoms with Crippen molar-refractivity contribution in [3.63, 3.8) is 0 Å². The second kappa shape index (κ2) is 5.79. The Morgan fingerprint density at radius 1 is 1.11 bits per heavy atom. The summed E-state index contributed by atoms with van der Waals surface area (Å²) in [4.78, 5) is 24.2. The molecule has 0 amide bonds. The first-order chi connectivity index (χ1) is 8.69. The highest BCUT2D eigenvalue weighted by Gasteiger charge is 2.48. The summed E-state index contributed by atoms with van der Waals surface area (Å²) in [5, 5.41) is 0.296. The number of halogens is 1. The Kier molecular flexibility index (Phi) is 4.33. The Bertz CT molecular complexity index is 435. The summed E-state index contributed by atoms with van der Waals surface area (Å²) in [5.74, 6) is 0.189. The number of carbonyl (C=O) groups is 2. The van der Waals surface area contributed by atoms with Gasteiger partial charge in [-0.2, -0.15) is 0 Å². The summed E-state index contributed by atoms with van der Waals surface area (Å²) in [7, 11) is 0. The molecule has 1 fully saturated rings. The van der Waals surface area contributed by atoms with Gasteiger partial charge in [-0.25, -0.2) is 0 Å². The van der Waals surface area contributed by atoms with Crippen LogP contribution in [0.4, 0.5) is 0 Å². The quantitative estimate of drug-likeness (QED) is 0.597.